The van der Waals surface area contributed by atoms with E-state index in [1.807, 2.05) is 0 Å². The molecule has 2 aliphatic rings. The maximum absolute atomic E-state index is 7.04. The quantitative estimate of drug-likeness (QED) is 0.154. The minimum absolute atomic E-state index is 0.0118. The fourth-order valence-corrected chi connectivity index (χ4v) is 10.2. The SMILES string of the molecule is Cc1ccc2oc3cc4c5c(c3c2c1)-c1cc(C(C)(C)C)cc2c3cc(C(C)(C)C)ccc3n(c12)B5c1ccc(C(C)(C)C)cc1N4c1cc(C(C)(C)C)cc(C(C)(C)C)c1. The molecule has 3 nitrogen and oxygen atoms in total. The van der Waals surface area contributed by atoms with Crippen molar-refractivity contribution in [3.05, 3.63) is 124 Å². The van der Waals surface area contributed by atoms with E-state index in [0.717, 1.165) is 11.2 Å². The molecule has 0 unspecified atom stereocenters. The number of hydrogen-bond acceptors (Lipinski definition) is 2. The summed E-state index contributed by atoms with van der Waals surface area (Å²) < 4.78 is 9.77. The lowest BCUT2D eigenvalue weighted by molar-refractivity contribution is 0.568. The van der Waals surface area contributed by atoms with E-state index >= 15 is 0 Å². The molecule has 0 fully saturated rings. The summed E-state index contributed by atoms with van der Waals surface area (Å²) in [4.78, 5) is 2.61. The van der Waals surface area contributed by atoms with Gasteiger partial charge in [-0.3, -0.25) is 0 Å². The number of nitrogens with zero attached hydrogens (tertiary/aromatic N) is 2. The molecule has 310 valence electrons. The predicted octanol–water partition coefficient (Wildman–Crippen LogP) is 14.9. The number of rotatable bonds is 1. The van der Waals surface area contributed by atoms with Gasteiger partial charge >= 0.3 is 6.85 Å². The van der Waals surface area contributed by atoms with Crippen molar-refractivity contribution in [2.24, 2.45) is 0 Å². The van der Waals surface area contributed by atoms with Gasteiger partial charge in [0.15, 0.2) is 0 Å². The van der Waals surface area contributed by atoms with E-state index in [2.05, 4.69) is 211 Å². The molecule has 8 aromatic rings. The van der Waals surface area contributed by atoms with Crippen LogP contribution in [-0.2, 0) is 27.1 Å². The zero-order chi connectivity index (χ0) is 43.7. The lowest BCUT2D eigenvalue weighted by atomic mass is 9.44. The molecule has 0 radical (unpaired) electrons. The molecule has 10 rings (SSSR count). The predicted molar refractivity (Wildman–Crippen MR) is 265 cm³/mol. The molecule has 0 spiro atoms. The largest absolute Gasteiger partial charge is 0.456 e. The van der Waals surface area contributed by atoms with Gasteiger partial charge in [-0.1, -0.05) is 140 Å². The molecule has 0 bridgehead atoms. The Kier molecular flexibility index (Phi) is 8.15. The first kappa shape index (κ1) is 39.9. The van der Waals surface area contributed by atoms with Crippen molar-refractivity contribution in [2.75, 3.05) is 4.90 Å². The Morgan fingerprint density at radius 2 is 1.05 bits per heavy atom. The van der Waals surface area contributed by atoms with Crippen LogP contribution < -0.4 is 15.8 Å². The fourth-order valence-electron chi connectivity index (χ4n) is 10.2. The monoisotopic (exact) mass is 803 g/mol. The Hall–Kier alpha value is -5.22. The molecule has 2 aromatic heterocycles. The maximum atomic E-state index is 7.04. The highest BCUT2D eigenvalue weighted by molar-refractivity contribution is 6.90. The van der Waals surface area contributed by atoms with E-state index in [4.69, 9.17) is 4.42 Å². The maximum Gasteiger partial charge on any atom is 0.333 e. The summed E-state index contributed by atoms with van der Waals surface area (Å²) in [5.74, 6) is 0. The Morgan fingerprint density at radius 1 is 0.475 bits per heavy atom. The zero-order valence-electron chi connectivity index (χ0n) is 39.5. The molecule has 4 heteroatoms. The molecule has 6 aromatic carbocycles. The molecule has 4 heterocycles. The number of benzene rings is 6. The molecule has 0 atom stereocenters. The Labute approximate surface area is 364 Å². The van der Waals surface area contributed by atoms with Crippen LogP contribution in [0.4, 0.5) is 17.1 Å². The summed E-state index contributed by atoms with van der Waals surface area (Å²) >= 11 is 0. The van der Waals surface area contributed by atoms with E-state index < -0.39 is 0 Å². The molecule has 0 amide bonds. The standard InChI is InChI=1S/C57H63BN2O/c1-32-17-22-47-41(23-32)49-48(61-47)31-46-51-50(49)42-29-37(57(14,15)16)28-40-39-27-33(53(2,3)4)19-21-44(39)60(52(40)42)58(51)43-20-18-34(54(5,6)7)30-45(43)59(46)38-25-35(55(8,9)10)24-36(26-38)56(11,12)13/h17-31H,1-16H3. The smallest absolute Gasteiger partial charge is 0.333 e. The first-order valence-corrected chi connectivity index (χ1v) is 22.5. The highest BCUT2D eigenvalue weighted by atomic mass is 16.3. The minimum atomic E-state index is -0.0701. The van der Waals surface area contributed by atoms with Crippen LogP contribution in [0.15, 0.2) is 95.4 Å². The highest BCUT2D eigenvalue weighted by Crippen LogP contribution is 2.52. The van der Waals surface area contributed by atoms with Crippen LogP contribution in [0.2, 0.25) is 0 Å². The molecule has 0 N–H and O–H groups in total. The lowest BCUT2D eigenvalue weighted by Gasteiger charge is -2.42. The molecule has 2 aliphatic heterocycles. The van der Waals surface area contributed by atoms with Crippen molar-refractivity contribution in [3.63, 3.8) is 0 Å². The van der Waals surface area contributed by atoms with Gasteiger partial charge < -0.3 is 13.8 Å². The molecular weight excluding hydrogens is 739 g/mol. The average Bonchev–Trinajstić information content (AvgIpc) is 3.68. The second-order valence-electron chi connectivity index (χ2n) is 23.7. The molecule has 0 aliphatic carbocycles. The second kappa shape index (κ2) is 12.5. The number of hydrogen-bond donors (Lipinski definition) is 0. The first-order valence-electron chi connectivity index (χ1n) is 22.5. The van der Waals surface area contributed by atoms with Gasteiger partial charge in [0.05, 0.1) is 0 Å². The number of furan rings is 1. The summed E-state index contributed by atoms with van der Waals surface area (Å²) in [7, 11) is 0. The zero-order valence-corrected chi connectivity index (χ0v) is 39.5. The van der Waals surface area contributed by atoms with Crippen LogP contribution in [0.25, 0.3) is 54.9 Å². The van der Waals surface area contributed by atoms with Crippen LogP contribution in [0.1, 0.15) is 137 Å². The lowest BCUT2D eigenvalue weighted by Crippen LogP contribution is -2.56. The molecule has 0 saturated heterocycles. The third-order valence-corrected chi connectivity index (χ3v) is 13.9. The van der Waals surface area contributed by atoms with E-state index in [1.165, 1.54) is 105 Å². The number of aromatic nitrogens is 1. The van der Waals surface area contributed by atoms with Crippen molar-refractivity contribution in [3.8, 4) is 11.1 Å². The second-order valence-corrected chi connectivity index (χ2v) is 23.7. The van der Waals surface area contributed by atoms with Crippen LogP contribution in [0.3, 0.4) is 0 Å². The Bertz CT molecular complexity index is 3140. The van der Waals surface area contributed by atoms with Crippen LogP contribution >= 0.6 is 0 Å². The highest BCUT2D eigenvalue weighted by Gasteiger charge is 2.45. The van der Waals surface area contributed by atoms with Crippen LogP contribution in [0.5, 0.6) is 0 Å². The van der Waals surface area contributed by atoms with Crippen molar-refractivity contribution >= 4 is 78.6 Å². The number of anilines is 3. The van der Waals surface area contributed by atoms with Crippen LogP contribution in [-0.4, -0.2) is 11.3 Å². The van der Waals surface area contributed by atoms with E-state index in [0.29, 0.717) is 0 Å². The Balaban J connectivity index is 1.46. The third-order valence-electron chi connectivity index (χ3n) is 13.9. The van der Waals surface area contributed by atoms with E-state index in [1.54, 1.807) is 0 Å². The fraction of sp³-hybridized carbons (Fsp3) is 0.368. The molecular formula is C57H63BN2O. The first-order chi connectivity index (χ1) is 28.3. The molecule has 61 heavy (non-hydrogen) atoms. The number of aryl methyl sites for hydroxylation is 1. The molecule has 0 saturated carbocycles. The van der Waals surface area contributed by atoms with Crippen molar-refractivity contribution in [1.82, 2.24) is 4.48 Å². The van der Waals surface area contributed by atoms with Gasteiger partial charge in [0, 0.05) is 61.3 Å². The summed E-state index contributed by atoms with van der Waals surface area (Å²) in [5.41, 5.74) is 21.1. The van der Waals surface area contributed by atoms with Gasteiger partial charge in [-0.25, -0.2) is 0 Å². The van der Waals surface area contributed by atoms with Crippen molar-refractivity contribution < 1.29 is 4.42 Å². The average molecular weight is 803 g/mol. The van der Waals surface area contributed by atoms with Gasteiger partial charge in [-0.05, 0) is 133 Å². The topological polar surface area (TPSA) is 21.3 Å². The van der Waals surface area contributed by atoms with Crippen molar-refractivity contribution in [2.45, 2.75) is 138 Å². The summed E-state index contributed by atoms with van der Waals surface area (Å²) in [5, 5.41) is 5.07. The van der Waals surface area contributed by atoms with Gasteiger partial charge in [0.2, 0.25) is 0 Å². The van der Waals surface area contributed by atoms with Gasteiger partial charge in [-0.15, -0.1) is 0 Å². The normalized spacial score (nSPS) is 14.5. The number of fused-ring (bicyclic) bond motifs is 11. The third kappa shape index (κ3) is 5.98. The Morgan fingerprint density at radius 3 is 1.67 bits per heavy atom. The summed E-state index contributed by atoms with van der Waals surface area (Å²) in [6, 6.07) is 36.2. The summed E-state index contributed by atoms with van der Waals surface area (Å²) in [6.45, 7) is 37.3. The van der Waals surface area contributed by atoms with Crippen LogP contribution in [0, 0.1) is 6.92 Å². The van der Waals surface area contributed by atoms with E-state index in [-0.39, 0.29) is 33.9 Å². The van der Waals surface area contributed by atoms with Crippen molar-refractivity contribution in [1.29, 1.82) is 0 Å². The van der Waals surface area contributed by atoms with Gasteiger partial charge in [0.1, 0.15) is 11.2 Å². The van der Waals surface area contributed by atoms with Gasteiger partial charge in [0.25, 0.3) is 0 Å². The minimum Gasteiger partial charge on any atom is -0.456 e. The summed E-state index contributed by atoms with van der Waals surface area (Å²) in [6.07, 6.45) is 0. The van der Waals surface area contributed by atoms with Gasteiger partial charge in [-0.2, -0.15) is 0 Å². The van der Waals surface area contributed by atoms with E-state index in [9.17, 15) is 0 Å².